The summed E-state index contributed by atoms with van der Waals surface area (Å²) in [7, 11) is 0. The number of benzene rings is 2. The van der Waals surface area contributed by atoms with Gasteiger partial charge >= 0.3 is 6.18 Å². The van der Waals surface area contributed by atoms with Gasteiger partial charge in [0.1, 0.15) is 47.6 Å². The number of nitrogen functional groups attached to an aromatic ring is 2. The Labute approximate surface area is 308 Å². The van der Waals surface area contributed by atoms with Crippen molar-refractivity contribution in [3.63, 3.8) is 0 Å². The predicted octanol–water partition coefficient (Wildman–Crippen LogP) is 6.14. The highest BCUT2D eigenvalue weighted by atomic mass is 19.4. The highest BCUT2D eigenvalue weighted by Crippen LogP contribution is 2.36. The van der Waals surface area contributed by atoms with E-state index in [0.717, 1.165) is 32.9 Å². The molecule has 19 heteroatoms. The monoisotopic (exact) mass is 738 g/mol. The smallest absolute Gasteiger partial charge is 0.384 e. The van der Waals surface area contributed by atoms with Gasteiger partial charge in [0.15, 0.2) is 0 Å². The molecule has 0 saturated carbocycles. The summed E-state index contributed by atoms with van der Waals surface area (Å²) in [5.74, 6) is 2.51. The molecule has 0 radical (unpaired) electrons. The maximum Gasteiger partial charge on any atom is 0.418 e. The van der Waals surface area contributed by atoms with Crippen LogP contribution in [0, 0.1) is 29.6 Å². The molecule has 0 aliphatic carbocycles. The molecule has 55 heavy (non-hydrogen) atoms. The summed E-state index contributed by atoms with van der Waals surface area (Å²) in [4.78, 5) is 24.4. The van der Waals surface area contributed by atoms with Crippen LogP contribution >= 0.6 is 0 Å². The minimum absolute atomic E-state index is 0.0945. The van der Waals surface area contributed by atoms with Crippen LogP contribution in [0.2, 0.25) is 0 Å². The van der Waals surface area contributed by atoms with Crippen LogP contribution in [0.3, 0.4) is 0 Å². The first-order chi connectivity index (χ1) is 26.5. The van der Waals surface area contributed by atoms with Gasteiger partial charge in [-0.15, -0.1) is 0 Å². The first kappa shape index (κ1) is 35.2. The minimum atomic E-state index is -4.66. The Balaban J connectivity index is 0.000000170. The molecule has 0 saturated heterocycles. The van der Waals surface area contributed by atoms with E-state index in [9.17, 15) is 13.2 Å². The fourth-order valence-corrected chi connectivity index (χ4v) is 5.49. The Morgan fingerprint density at radius 1 is 0.600 bits per heavy atom. The van der Waals surface area contributed by atoms with Crippen LogP contribution < -0.4 is 22.1 Å². The summed E-state index contributed by atoms with van der Waals surface area (Å²) in [6.07, 6.45) is 4.38. The molecule has 0 aliphatic rings. The molecule has 0 aliphatic heterocycles. The third kappa shape index (κ3) is 7.56. The number of nitriles is 2. The van der Waals surface area contributed by atoms with E-state index in [1.165, 1.54) is 43.2 Å². The van der Waals surface area contributed by atoms with Crippen LogP contribution in [0.4, 0.5) is 48.1 Å². The largest absolute Gasteiger partial charge is 0.418 e. The average molecular weight is 739 g/mol. The quantitative estimate of drug-likeness (QED) is 0.150. The van der Waals surface area contributed by atoms with Crippen molar-refractivity contribution in [2.45, 2.75) is 13.1 Å². The molecule has 6 heterocycles. The van der Waals surface area contributed by atoms with Crippen LogP contribution in [-0.2, 0) is 6.18 Å². The van der Waals surface area contributed by atoms with Crippen LogP contribution in [0.15, 0.2) is 98.1 Å². The van der Waals surface area contributed by atoms with Gasteiger partial charge in [0, 0.05) is 47.4 Å². The van der Waals surface area contributed by atoms with Gasteiger partial charge in [0.2, 0.25) is 0 Å². The molecule has 0 fully saturated rings. The standard InChI is InChI=1S/C18H11F3N8.C18H14N8/c19-18(20,21)12-3-10(6-22)1-2-13(12)29-14-4-16(24-7-11(14)8-27-29)28-17-5-15(23)25-9-26-17;1-11-4-12(7-19)2-3-14(11)26-15-5-17(21-8-13(15)9-24-26)25-18-6-16(20)22-10-23-18/h1-5,7-9H,(H3,23,24,25,26,28);2-6,8-10H,1H3,(H3,20,21,22,23,25). The van der Waals surface area contributed by atoms with E-state index in [-0.39, 0.29) is 17.1 Å². The number of nitrogens with one attached hydrogen (secondary N) is 2. The Kier molecular flexibility index (Phi) is 9.25. The van der Waals surface area contributed by atoms with Gasteiger partial charge in [-0.3, -0.25) is 0 Å². The van der Waals surface area contributed by atoms with E-state index in [1.807, 2.05) is 29.8 Å². The Bertz CT molecular complexity index is 2800. The van der Waals surface area contributed by atoms with Crippen LogP contribution in [0.5, 0.6) is 0 Å². The minimum Gasteiger partial charge on any atom is -0.384 e. The van der Waals surface area contributed by atoms with E-state index in [2.05, 4.69) is 56.8 Å². The van der Waals surface area contributed by atoms with E-state index in [4.69, 9.17) is 22.0 Å². The van der Waals surface area contributed by atoms with Gasteiger partial charge in [-0.25, -0.2) is 39.3 Å². The molecule has 0 unspecified atom stereocenters. The van der Waals surface area contributed by atoms with Crippen LogP contribution in [-0.4, -0.2) is 49.5 Å². The number of fused-ring (bicyclic) bond motifs is 2. The molecule has 270 valence electrons. The number of anilines is 6. The topological polar surface area (TPSA) is 237 Å². The molecule has 0 spiro atoms. The lowest BCUT2D eigenvalue weighted by Gasteiger charge is -2.14. The van der Waals surface area contributed by atoms with Crippen LogP contribution in [0.25, 0.3) is 33.2 Å². The summed E-state index contributed by atoms with van der Waals surface area (Å²) in [5.41, 5.74) is 13.8. The Hall–Kier alpha value is -8.19. The molecule has 8 aromatic rings. The molecule has 6 N–H and O–H groups in total. The van der Waals surface area contributed by atoms with Crippen molar-refractivity contribution in [3.8, 4) is 23.5 Å². The third-order valence-corrected chi connectivity index (χ3v) is 8.01. The fraction of sp³-hybridized carbons (Fsp3) is 0.0556. The zero-order valence-corrected chi connectivity index (χ0v) is 28.4. The summed E-state index contributed by atoms with van der Waals surface area (Å²) >= 11 is 0. The lowest BCUT2D eigenvalue weighted by molar-refractivity contribution is -0.137. The predicted molar refractivity (Wildman–Crippen MR) is 196 cm³/mol. The molecular formula is C36H25F3N16. The molecule has 0 bridgehead atoms. The normalized spacial score (nSPS) is 11.0. The summed E-state index contributed by atoms with van der Waals surface area (Å²) < 4.78 is 43.7. The molecule has 0 atom stereocenters. The third-order valence-electron chi connectivity index (χ3n) is 8.01. The SMILES string of the molecule is Cc1cc(C#N)ccc1-n1ncc2cnc(Nc3cc(N)ncn3)cc21.N#Cc1ccc(-n2ncc3cnc(Nc4cc(N)ncn4)cc32)c(C(F)(F)F)c1. The van der Waals surface area contributed by atoms with Gasteiger partial charge in [-0.05, 0) is 48.9 Å². The van der Waals surface area contributed by atoms with Gasteiger partial charge in [0.05, 0.1) is 63.6 Å². The highest BCUT2D eigenvalue weighted by Gasteiger charge is 2.35. The zero-order chi connectivity index (χ0) is 38.7. The first-order valence-corrected chi connectivity index (χ1v) is 16.0. The van der Waals surface area contributed by atoms with Gasteiger partial charge in [-0.1, -0.05) is 0 Å². The molecule has 8 rings (SSSR count). The maximum atomic E-state index is 13.6. The van der Waals surface area contributed by atoms with Gasteiger partial charge < -0.3 is 22.1 Å². The molecule has 0 amide bonds. The van der Waals surface area contributed by atoms with E-state index in [1.54, 1.807) is 36.7 Å². The fourth-order valence-electron chi connectivity index (χ4n) is 5.49. The van der Waals surface area contributed by atoms with E-state index < -0.39 is 11.7 Å². The van der Waals surface area contributed by atoms with Gasteiger partial charge in [0.25, 0.3) is 0 Å². The van der Waals surface area contributed by atoms with Gasteiger partial charge in [-0.2, -0.15) is 33.9 Å². The Morgan fingerprint density at radius 3 is 1.55 bits per heavy atom. The zero-order valence-electron chi connectivity index (χ0n) is 28.4. The van der Waals surface area contributed by atoms with E-state index in [0.29, 0.717) is 45.6 Å². The van der Waals surface area contributed by atoms with Crippen molar-refractivity contribution in [3.05, 3.63) is 120 Å². The number of hydrogen-bond acceptors (Lipinski definition) is 14. The second kappa shape index (κ2) is 14.4. The average Bonchev–Trinajstić information content (AvgIpc) is 3.78. The molecule has 2 aromatic carbocycles. The first-order valence-electron chi connectivity index (χ1n) is 16.0. The summed E-state index contributed by atoms with van der Waals surface area (Å²) in [6.45, 7) is 1.95. The molecule has 6 aromatic heterocycles. The Morgan fingerprint density at radius 2 is 1.07 bits per heavy atom. The maximum absolute atomic E-state index is 13.6. The number of rotatable bonds is 6. The number of hydrogen-bond donors (Lipinski definition) is 4. The number of halogens is 3. The number of pyridine rings is 2. The second-order valence-electron chi connectivity index (χ2n) is 11.7. The molecule has 16 nitrogen and oxygen atoms in total. The second-order valence-corrected chi connectivity index (χ2v) is 11.7. The number of aryl methyl sites for hydroxylation is 1. The number of alkyl halides is 3. The van der Waals surface area contributed by atoms with Crippen molar-refractivity contribution in [1.82, 2.24) is 49.5 Å². The summed E-state index contributed by atoms with van der Waals surface area (Å²) in [5, 5.41) is 34.0. The van der Waals surface area contributed by atoms with Crippen molar-refractivity contribution >= 4 is 56.7 Å². The van der Waals surface area contributed by atoms with Crippen LogP contribution in [0.1, 0.15) is 22.3 Å². The molecular weight excluding hydrogens is 714 g/mol. The number of nitrogens with two attached hydrogens (primary N) is 2. The number of aromatic nitrogens is 10. The van der Waals surface area contributed by atoms with Crippen molar-refractivity contribution in [2.75, 3.05) is 22.1 Å². The van der Waals surface area contributed by atoms with Crippen molar-refractivity contribution in [1.29, 1.82) is 10.5 Å². The number of nitrogens with zero attached hydrogens (tertiary/aromatic N) is 12. The lowest BCUT2D eigenvalue weighted by Crippen LogP contribution is -2.12. The van der Waals surface area contributed by atoms with Crippen molar-refractivity contribution < 1.29 is 13.2 Å². The van der Waals surface area contributed by atoms with Crippen molar-refractivity contribution in [2.24, 2.45) is 0 Å². The highest BCUT2D eigenvalue weighted by molar-refractivity contribution is 5.84. The lowest BCUT2D eigenvalue weighted by atomic mass is 10.1. The van der Waals surface area contributed by atoms with E-state index >= 15 is 0 Å². The summed E-state index contributed by atoms with van der Waals surface area (Å²) in [6, 6.07) is 19.2.